The van der Waals surface area contributed by atoms with Gasteiger partial charge < -0.3 is 23.7 Å². The highest BCUT2D eigenvalue weighted by molar-refractivity contribution is 8.00. The minimum Gasteiger partial charge on any atom is -0.497 e. The van der Waals surface area contributed by atoms with Crippen molar-refractivity contribution in [3.8, 4) is 11.5 Å². The van der Waals surface area contributed by atoms with Crippen LogP contribution >= 0.6 is 23.5 Å². The van der Waals surface area contributed by atoms with Crippen LogP contribution in [-0.4, -0.2) is 62.1 Å². The summed E-state index contributed by atoms with van der Waals surface area (Å²) in [6.07, 6.45) is 0. The maximum atomic E-state index is 12.4. The van der Waals surface area contributed by atoms with Crippen molar-refractivity contribution in [1.82, 2.24) is 9.80 Å². The molecule has 1 aliphatic rings. The van der Waals surface area contributed by atoms with Crippen LogP contribution in [0.3, 0.4) is 0 Å². The van der Waals surface area contributed by atoms with E-state index in [0.717, 1.165) is 46.6 Å². The number of hydrogen-bond donors (Lipinski definition) is 0. The van der Waals surface area contributed by atoms with Crippen molar-refractivity contribution in [2.24, 2.45) is 0 Å². The zero-order valence-electron chi connectivity index (χ0n) is 17.3. The lowest BCUT2D eigenvalue weighted by Gasteiger charge is -2.24. The topological polar surface area (TPSA) is 55.2 Å². The molecule has 8 heteroatoms. The number of rotatable bonds is 10. The normalized spacial score (nSPS) is 16.7. The first kappa shape index (κ1) is 21.9. The summed E-state index contributed by atoms with van der Waals surface area (Å²) >= 11 is 3.43. The summed E-state index contributed by atoms with van der Waals surface area (Å²) in [5.74, 6) is 5.76. The van der Waals surface area contributed by atoms with E-state index in [9.17, 15) is 4.79 Å². The van der Waals surface area contributed by atoms with Gasteiger partial charge in [-0.05, 0) is 43.9 Å². The van der Waals surface area contributed by atoms with Gasteiger partial charge in [0.05, 0.1) is 32.3 Å². The molecule has 0 bridgehead atoms. The van der Waals surface area contributed by atoms with Crippen molar-refractivity contribution in [2.45, 2.75) is 17.7 Å². The molecular formula is C21H28N2O4S2. The van der Waals surface area contributed by atoms with Crippen molar-refractivity contribution in [1.29, 1.82) is 0 Å². The number of amides is 1. The molecule has 1 aromatic carbocycles. The van der Waals surface area contributed by atoms with Crippen molar-refractivity contribution >= 4 is 29.4 Å². The van der Waals surface area contributed by atoms with E-state index in [1.165, 1.54) is 0 Å². The molecule has 1 amide bonds. The fourth-order valence-corrected chi connectivity index (χ4v) is 5.20. The quantitative estimate of drug-likeness (QED) is 0.524. The molecule has 1 saturated heterocycles. The molecule has 1 unspecified atom stereocenters. The molecule has 0 N–H and O–H groups in total. The van der Waals surface area contributed by atoms with Crippen LogP contribution in [0.15, 0.2) is 34.7 Å². The van der Waals surface area contributed by atoms with Crippen molar-refractivity contribution in [3.63, 3.8) is 0 Å². The fraction of sp³-hybridized carbons (Fsp3) is 0.476. The molecule has 158 valence electrons. The van der Waals surface area contributed by atoms with Gasteiger partial charge in [-0.25, -0.2) is 0 Å². The van der Waals surface area contributed by atoms with E-state index in [4.69, 9.17) is 13.9 Å². The van der Waals surface area contributed by atoms with Crippen LogP contribution in [0.2, 0.25) is 0 Å². The molecule has 0 spiro atoms. The Morgan fingerprint density at radius 1 is 1.17 bits per heavy atom. The zero-order valence-corrected chi connectivity index (χ0v) is 19.0. The Kier molecular flexibility index (Phi) is 7.80. The number of furan rings is 1. The average molecular weight is 437 g/mol. The van der Waals surface area contributed by atoms with Gasteiger partial charge in [0.15, 0.2) is 0 Å². The van der Waals surface area contributed by atoms with Gasteiger partial charge in [-0.15, -0.1) is 11.8 Å². The first-order chi connectivity index (χ1) is 14.0. The number of carbonyl (C=O) groups excluding carboxylic acids is 1. The third kappa shape index (κ3) is 5.87. The van der Waals surface area contributed by atoms with Crippen LogP contribution in [0.4, 0.5) is 0 Å². The van der Waals surface area contributed by atoms with Crippen molar-refractivity contribution in [2.75, 3.05) is 46.4 Å². The molecule has 3 rings (SSSR count). The summed E-state index contributed by atoms with van der Waals surface area (Å²) in [4.78, 5) is 16.5. The van der Waals surface area contributed by atoms with E-state index in [1.54, 1.807) is 37.7 Å². The van der Waals surface area contributed by atoms with Crippen LogP contribution in [0.5, 0.6) is 11.5 Å². The number of carbonyl (C=O) groups is 1. The van der Waals surface area contributed by atoms with Gasteiger partial charge in [0, 0.05) is 18.4 Å². The molecule has 2 heterocycles. The van der Waals surface area contributed by atoms with Gasteiger partial charge in [-0.3, -0.25) is 4.79 Å². The summed E-state index contributed by atoms with van der Waals surface area (Å²) in [5.41, 5.74) is 1.03. The van der Waals surface area contributed by atoms with Crippen LogP contribution in [0.1, 0.15) is 22.5 Å². The standard InChI is InChI=1S/C21H28N2O4S2/c1-22(2)12-16-5-6-17(27-16)13-28-8-7-23-20(24)14-29-21(23)15-9-18(25-3)11-19(10-15)26-4/h5-6,9-11,21H,7-8,12-14H2,1-4H3. The van der Waals surface area contributed by atoms with Crippen LogP contribution < -0.4 is 9.47 Å². The second-order valence-electron chi connectivity index (χ2n) is 7.05. The third-order valence-corrected chi connectivity index (χ3v) is 6.75. The minimum absolute atomic E-state index is 0.0117. The first-order valence-corrected chi connectivity index (χ1v) is 11.6. The van der Waals surface area contributed by atoms with Gasteiger partial charge in [0.2, 0.25) is 5.91 Å². The first-order valence-electron chi connectivity index (χ1n) is 9.44. The highest BCUT2D eigenvalue weighted by Gasteiger charge is 2.33. The van der Waals surface area contributed by atoms with E-state index in [0.29, 0.717) is 12.3 Å². The lowest BCUT2D eigenvalue weighted by molar-refractivity contribution is -0.127. The lowest BCUT2D eigenvalue weighted by atomic mass is 10.2. The summed E-state index contributed by atoms with van der Waals surface area (Å²) in [6.45, 7) is 1.50. The summed E-state index contributed by atoms with van der Waals surface area (Å²) in [7, 11) is 7.32. The fourth-order valence-electron chi connectivity index (χ4n) is 3.18. The van der Waals surface area contributed by atoms with Gasteiger partial charge in [0.1, 0.15) is 28.4 Å². The van der Waals surface area contributed by atoms with Crippen LogP contribution in [-0.2, 0) is 17.1 Å². The number of ether oxygens (including phenoxy) is 2. The maximum absolute atomic E-state index is 12.4. The van der Waals surface area contributed by atoms with E-state index in [2.05, 4.69) is 4.90 Å². The van der Waals surface area contributed by atoms with Gasteiger partial charge in [-0.2, -0.15) is 11.8 Å². The Labute approximate surface area is 180 Å². The Hall–Kier alpha value is -1.77. The molecular weight excluding hydrogens is 408 g/mol. The van der Waals surface area contributed by atoms with Crippen LogP contribution in [0.25, 0.3) is 0 Å². The highest BCUT2D eigenvalue weighted by atomic mass is 32.2. The third-order valence-electron chi connectivity index (χ3n) is 4.54. The predicted molar refractivity (Wildman–Crippen MR) is 119 cm³/mol. The minimum atomic E-state index is -0.0117. The molecule has 0 aliphatic carbocycles. The molecule has 6 nitrogen and oxygen atoms in total. The largest absolute Gasteiger partial charge is 0.497 e. The second kappa shape index (κ2) is 10.3. The van der Waals surface area contributed by atoms with Crippen LogP contribution in [0, 0.1) is 0 Å². The van der Waals surface area contributed by atoms with E-state index >= 15 is 0 Å². The van der Waals surface area contributed by atoms with E-state index in [-0.39, 0.29) is 11.3 Å². The number of nitrogens with zero attached hydrogens (tertiary/aromatic N) is 2. The Balaban J connectivity index is 1.56. The average Bonchev–Trinajstić information content (AvgIpc) is 3.30. The van der Waals surface area contributed by atoms with Gasteiger partial charge in [-0.1, -0.05) is 0 Å². The van der Waals surface area contributed by atoms with Gasteiger partial charge in [0.25, 0.3) is 0 Å². The molecule has 1 fully saturated rings. The van der Waals surface area contributed by atoms with Crippen molar-refractivity contribution < 1.29 is 18.7 Å². The Morgan fingerprint density at radius 3 is 2.52 bits per heavy atom. The SMILES string of the molecule is COc1cc(OC)cc(C2SCC(=O)N2CCSCc2ccc(CN(C)C)o2)c1. The monoisotopic (exact) mass is 436 g/mol. The number of methoxy groups -OCH3 is 2. The molecule has 0 saturated carbocycles. The van der Waals surface area contributed by atoms with E-state index in [1.807, 2.05) is 49.3 Å². The number of hydrogen-bond acceptors (Lipinski definition) is 7. The number of thioether (sulfide) groups is 2. The molecule has 1 aromatic heterocycles. The molecule has 2 aromatic rings. The summed E-state index contributed by atoms with van der Waals surface area (Å²) in [5, 5.41) is -0.0117. The van der Waals surface area contributed by atoms with E-state index < -0.39 is 0 Å². The lowest BCUT2D eigenvalue weighted by Crippen LogP contribution is -2.30. The summed E-state index contributed by atoms with van der Waals surface area (Å²) < 4.78 is 16.6. The van der Waals surface area contributed by atoms with Crippen molar-refractivity contribution in [3.05, 3.63) is 47.4 Å². The molecule has 29 heavy (non-hydrogen) atoms. The predicted octanol–water partition coefficient (Wildman–Crippen LogP) is 3.87. The molecule has 0 radical (unpaired) electrons. The Morgan fingerprint density at radius 2 is 1.86 bits per heavy atom. The number of benzene rings is 1. The maximum Gasteiger partial charge on any atom is 0.233 e. The molecule has 1 aliphatic heterocycles. The summed E-state index contributed by atoms with van der Waals surface area (Å²) in [6, 6.07) is 9.87. The zero-order chi connectivity index (χ0) is 20.8. The van der Waals surface area contributed by atoms with Gasteiger partial charge >= 0.3 is 0 Å². The second-order valence-corrected chi connectivity index (χ2v) is 9.23. The highest BCUT2D eigenvalue weighted by Crippen LogP contribution is 2.41. The Bertz CT molecular complexity index is 803. The molecule has 1 atom stereocenters. The smallest absolute Gasteiger partial charge is 0.233 e.